The van der Waals surface area contributed by atoms with Crippen molar-refractivity contribution >= 4 is 12.2 Å². The highest BCUT2D eigenvalue weighted by molar-refractivity contribution is 5.69. The summed E-state index contributed by atoms with van der Waals surface area (Å²) in [5.41, 5.74) is 21.8. The first-order chi connectivity index (χ1) is 29.3. The van der Waals surface area contributed by atoms with E-state index in [0.717, 1.165) is 5.56 Å². The second-order valence-electron chi connectivity index (χ2n) is 14.1. The standard InChI is InChI=1S/C42H46N8O10/c43-49-45-22-33-32(55-23-27-13-5-1-6-14-27)21-31(48-50-44)40(59-33)60-39-35(47-42(54)58-26-30-19-11-4-12-20-30)38(56-24-28-15-7-2-8-16-28)34(36(51)37(39)52)46-41(53)57-25-29-17-9-3-10-18-29/h1-20,31-40,51-52H,21-26H2,(H,46,53)(H,47,54)/t31-,32+,33-,34+,35+,36+,37-,38-,39-,40-/m1/s1. The first kappa shape index (κ1) is 43.4. The predicted molar refractivity (Wildman–Crippen MR) is 214 cm³/mol. The molecule has 1 heterocycles. The summed E-state index contributed by atoms with van der Waals surface area (Å²) in [4.78, 5) is 32.8. The van der Waals surface area contributed by atoms with E-state index in [1.165, 1.54) is 0 Å². The number of carbonyl (C=O) groups excluding carboxylic acids is 2. The van der Waals surface area contributed by atoms with Crippen molar-refractivity contribution in [3.8, 4) is 0 Å². The molecule has 0 bridgehead atoms. The van der Waals surface area contributed by atoms with Gasteiger partial charge >= 0.3 is 12.2 Å². The van der Waals surface area contributed by atoms with Gasteiger partial charge in [0.2, 0.25) is 0 Å². The number of aliphatic hydroxyl groups is 2. The van der Waals surface area contributed by atoms with Gasteiger partial charge < -0.3 is 49.3 Å². The highest BCUT2D eigenvalue weighted by atomic mass is 16.7. The zero-order valence-corrected chi connectivity index (χ0v) is 32.4. The van der Waals surface area contributed by atoms with E-state index in [2.05, 4.69) is 30.7 Å². The van der Waals surface area contributed by atoms with E-state index < -0.39 is 73.2 Å². The van der Waals surface area contributed by atoms with Crippen LogP contribution in [0.15, 0.2) is 132 Å². The molecular weight excluding hydrogens is 777 g/mol. The summed E-state index contributed by atoms with van der Waals surface area (Å²) in [5.74, 6) is 0. The van der Waals surface area contributed by atoms with Crippen LogP contribution in [0.5, 0.6) is 0 Å². The van der Waals surface area contributed by atoms with Crippen molar-refractivity contribution in [2.45, 2.75) is 93.9 Å². The van der Waals surface area contributed by atoms with Crippen LogP contribution in [0.3, 0.4) is 0 Å². The number of aliphatic hydroxyl groups excluding tert-OH is 2. The van der Waals surface area contributed by atoms with Gasteiger partial charge in [-0.25, -0.2) is 9.59 Å². The molecule has 1 saturated carbocycles. The number of alkyl carbamates (subject to hydrolysis) is 2. The topological polar surface area (TPSA) is 252 Å². The number of nitrogens with one attached hydrogen (secondary N) is 2. The first-order valence-electron chi connectivity index (χ1n) is 19.3. The lowest BCUT2D eigenvalue weighted by Gasteiger charge is -2.49. The minimum absolute atomic E-state index is 0.0428. The van der Waals surface area contributed by atoms with Crippen LogP contribution >= 0.6 is 0 Å². The molecule has 0 aromatic heterocycles. The highest BCUT2D eigenvalue weighted by Gasteiger charge is 2.54. The molecule has 314 valence electrons. The van der Waals surface area contributed by atoms with Gasteiger partial charge in [0.05, 0.1) is 50.1 Å². The molecule has 1 aliphatic carbocycles. The smallest absolute Gasteiger partial charge is 0.407 e. The number of carbonyl (C=O) groups is 2. The number of ether oxygens (including phenoxy) is 6. The molecule has 0 spiro atoms. The van der Waals surface area contributed by atoms with Crippen LogP contribution < -0.4 is 10.6 Å². The van der Waals surface area contributed by atoms with Crippen molar-refractivity contribution in [2.75, 3.05) is 6.54 Å². The van der Waals surface area contributed by atoms with E-state index in [-0.39, 0.29) is 39.4 Å². The number of benzene rings is 4. The van der Waals surface area contributed by atoms with Crippen LogP contribution in [0.2, 0.25) is 0 Å². The lowest BCUT2D eigenvalue weighted by atomic mass is 9.81. The third-order valence-corrected chi connectivity index (χ3v) is 10.0. The molecule has 60 heavy (non-hydrogen) atoms. The van der Waals surface area contributed by atoms with E-state index in [1.54, 1.807) is 72.8 Å². The normalized spacial score (nSPS) is 26.0. The fourth-order valence-electron chi connectivity index (χ4n) is 7.02. The molecule has 2 fully saturated rings. The van der Waals surface area contributed by atoms with E-state index in [4.69, 9.17) is 28.4 Å². The Morgan fingerprint density at radius 1 is 0.650 bits per heavy atom. The number of hydrogen-bond donors (Lipinski definition) is 4. The number of amides is 2. The minimum Gasteiger partial charge on any atom is -0.445 e. The van der Waals surface area contributed by atoms with Crippen LogP contribution in [0.4, 0.5) is 9.59 Å². The molecular formula is C42H46N8O10. The lowest BCUT2D eigenvalue weighted by Crippen LogP contribution is -2.73. The molecule has 18 nitrogen and oxygen atoms in total. The van der Waals surface area contributed by atoms with Gasteiger partial charge in [-0.15, -0.1) is 0 Å². The second kappa shape index (κ2) is 22.2. The Bertz CT molecular complexity index is 2040. The Kier molecular flexibility index (Phi) is 16.1. The molecule has 2 aliphatic rings. The zero-order valence-electron chi connectivity index (χ0n) is 32.4. The molecule has 4 aromatic carbocycles. The van der Waals surface area contributed by atoms with Gasteiger partial charge in [-0.3, -0.25) is 0 Å². The summed E-state index contributed by atoms with van der Waals surface area (Å²) >= 11 is 0. The van der Waals surface area contributed by atoms with Crippen LogP contribution in [-0.4, -0.2) is 90.0 Å². The molecule has 10 atom stereocenters. The molecule has 1 saturated heterocycles. The molecule has 4 N–H and O–H groups in total. The SMILES string of the molecule is [N-]=[N+]=NC[C@H]1O[C@H](O[C@H]2[C@H](O)[C@@H](O)[C@H](NC(=O)OCc3ccccc3)[C@@H](OCc3ccccc3)[C@@H]2NC(=O)OCc2ccccc2)[C@H](N=[N+]=[N-])C[C@@H]1OCc1ccccc1. The summed E-state index contributed by atoms with van der Waals surface area (Å²) in [6, 6.07) is 32.4. The Morgan fingerprint density at radius 2 is 1.13 bits per heavy atom. The molecule has 0 unspecified atom stereocenters. The fourth-order valence-corrected chi connectivity index (χ4v) is 7.02. The van der Waals surface area contributed by atoms with Crippen molar-refractivity contribution in [1.82, 2.24) is 10.6 Å². The summed E-state index contributed by atoms with van der Waals surface area (Å²) in [7, 11) is 0. The summed E-state index contributed by atoms with van der Waals surface area (Å²) in [5, 5.41) is 36.6. The monoisotopic (exact) mass is 822 g/mol. The van der Waals surface area contributed by atoms with Crippen molar-refractivity contribution in [2.24, 2.45) is 10.2 Å². The van der Waals surface area contributed by atoms with E-state index in [0.29, 0.717) is 16.7 Å². The summed E-state index contributed by atoms with van der Waals surface area (Å²) in [6.07, 6.45) is -11.4. The summed E-state index contributed by atoms with van der Waals surface area (Å²) < 4.78 is 36.3. The van der Waals surface area contributed by atoms with Crippen molar-refractivity contribution < 1.29 is 48.2 Å². The molecule has 1 aliphatic heterocycles. The number of azide groups is 2. The van der Waals surface area contributed by atoms with Gasteiger partial charge in [0.25, 0.3) is 0 Å². The average molecular weight is 823 g/mol. The fraction of sp³-hybridized carbons (Fsp3) is 0.381. The number of hydrogen-bond acceptors (Lipinski definition) is 12. The predicted octanol–water partition coefficient (Wildman–Crippen LogP) is 5.97. The Hall–Kier alpha value is -6.20. The van der Waals surface area contributed by atoms with Crippen molar-refractivity contribution in [3.05, 3.63) is 164 Å². The van der Waals surface area contributed by atoms with Crippen molar-refractivity contribution in [3.63, 3.8) is 0 Å². The van der Waals surface area contributed by atoms with Gasteiger partial charge in [-0.05, 0) is 39.7 Å². The van der Waals surface area contributed by atoms with Crippen LogP contribution in [-0.2, 0) is 54.8 Å². The van der Waals surface area contributed by atoms with Crippen LogP contribution in [0.1, 0.15) is 28.7 Å². The highest BCUT2D eigenvalue weighted by Crippen LogP contribution is 2.33. The van der Waals surface area contributed by atoms with Gasteiger partial charge in [0.1, 0.15) is 37.6 Å². The molecule has 18 heteroatoms. The lowest BCUT2D eigenvalue weighted by molar-refractivity contribution is -0.283. The van der Waals surface area contributed by atoms with Crippen LogP contribution in [0.25, 0.3) is 20.9 Å². The molecule has 4 aromatic rings. The van der Waals surface area contributed by atoms with Crippen molar-refractivity contribution in [1.29, 1.82) is 0 Å². The first-order valence-corrected chi connectivity index (χ1v) is 19.3. The van der Waals surface area contributed by atoms with Gasteiger partial charge in [-0.2, -0.15) is 0 Å². The van der Waals surface area contributed by atoms with Gasteiger partial charge in [-0.1, -0.05) is 132 Å². The van der Waals surface area contributed by atoms with E-state index in [1.807, 2.05) is 48.5 Å². The molecule has 6 rings (SSSR count). The molecule has 2 amide bonds. The maximum absolute atomic E-state index is 13.6. The Balaban J connectivity index is 1.30. The maximum atomic E-state index is 13.6. The second-order valence-corrected chi connectivity index (χ2v) is 14.1. The van der Waals surface area contributed by atoms with Gasteiger partial charge in [0.15, 0.2) is 6.29 Å². The Morgan fingerprint density at radius 3 is 1.63 bits per heavy atom. The largest absolute Gasteiger partial charge is 0.445 e. The Labute approximate surface area is 345 Å². The van der Waals surface area contributed by atoms with E-state index >= 15 is 0 Å². The number of nitrogens with zero attached hydrogens (tertiary/aromatic N) is 6. The average Bonchev–Trinajstić information content (AvgIpc) is 3.28. The third kappa shape index (κ3) is 12.2. The number of rotatable bonds is 17. The van der Waals surface area contributed by atoms with Crippen LogP contribution in [0, 0.1) is 0 Å². The maximum Gasteiger partial charge on any atom is 0.407 e. The zero-order chi connectivity index (χ0) is 42.1. The van der Waals surface area contributed by atoms with E-state index in [9.17, 15) is 30.9 Å². The quantitative estimate of drug-likeness (QED) is 0.0551. The molecule has 0 radical (unpaired) electrons. The third-order valence-electron chi connectivity index (χ3n) is 10.0. The minimum atomic E-state index is -1.83. The summed E-state index contributed by atoms with van der Waals surface area (Å²) in [6.45, 7) is -0.300. The van der Waals surface area contributed by atoms with Gasteiger partial charge in [0, 0.05) is 9.82 Å².